The summed E-state index contributed by atoms with van der Waals surface area (Å²) >= 11 is 0. The van der Waals surface area contributed by atoms with Crippen molar-refractivity contribution in [2.75, 3.05) is 74.9 Å². The van der Waals surface area contributed by atoms with Crippen molar-refractivity contribution in [1.82, 2.24) is 34.1 Å². The molecule has 0 bridgehead atoms. The van der Waals surface area contributed by atoms with Crippen LogP contribution in [0.5, 0.6) is 0 Å². The maximum atomic E-state index is 16.1. The molecule has 0 radical (unpaired) electrons. The second-order valence-electron chi connectivity index (χ2n) is 18.8. The van der Waals surface area contributed by atoms with Crippen molar-refractivity contribution in [3.8, 4) is 5.69 Å². The van der Waals surface area contributed by atoms with Gasteiger partial charge in [0.25, 0.3) is 11.5 Å². The lowest BCUT2D eigenvalue weighted by atomic mass is 9.92. The van der Waals surface area contributed by atoms with Crippen LogP contribution in [0.4, 0.5) is 30.2 Å². The molecule has 3 amide bonds. The number of carbonyl (C=O) groups excluding carboxylic acids is 3. The smallest absolute Gasteiger partial charge is 0.257 e. The van der Waals surface area contributed by atoms with Crippen molar-refractivity contribution in [3.63, 3.8) is 0 Å². The van der Waals surface area contributed by atoms with E-state index in [1.165, 1.54) is 29.0 Å². The lowest BCUT2D eigenvalue weighted by Gasteiger charge is -2.43. The number of likely N-dealkylation sites (tertiary alicyclic amines) is 1. The van der Waals surface area contributed by atoms with Crippen LogP contribution in [0.15, 0.2) is 71.8 Å². The van der Waals surface area contributed by atoms with Crippen molar-refractivity contribution < 1.29 is 27.6 Å². The van der Waals surface area contributed by atoms with E-state index in [-0.39, 0.29) is 47.4 Å². The van der Waals surface area contributed by atoms with Gasteiger partial charge in [-0.2, -0.15) is 0 Å². The first-order chi connectivity index (χ1) is 32.7. The summed E-state index contributed by atoms with van der Waals surface area (Å²) in [6.07, 6.45) is 7.79. The van der Waals surface area contributed by atoms with Crippen molar-refractivity contribution in [2.24, 2.45) is 13.0 Å². The fraction of sp³-hybridized carbons (Fsp3) is 0.431. The first-order valence-corrected chi connectivity index (χ1v) is 23.6. The highest BCUT2D eigenvalue weighted by Crippen LogP contribution is 2.35. The van der Waals surface area contributed by atoms with Gasteiger partial charge in [-0.25, -0.2) is 18.2 Å². The SMILES string of the molecule is CNc1cc(=O)n(-c2ccnc3c2cc([C@H](C)N2CC=C(c4c(C)cc(C(=O)N5CCC(CN6CCN(c7ccc(NC8CCC(=O)NC8=O)cc7F)C[C@H]6C)CC5)cc4F)CC2)n3C)cc1F. The molecule has 68 heavy (non-hydrogen) atoms. The molecule has 17 heteroatoms. The molecule has 358 valence electrons. The number of anilines is 3. The molecule has 1 unspecified atom stereocenters. The summed E-state index contributed by atoms with van der Waals surface area (Å²) in [5, 5.41) is 8.81. The van der Waals surface area contributed by atoms with E-state index >= 15 is 8.78 Å². The summed E-state index contributed by atoms with van der Waals surface area (Å²) < 4.78 is 49.6. The van der Waals surface area contributed by atoms with E-state index < -0.39 is 23.6 Å². The Morgan fingerprint density at radius 3 is 2.40 bits per heavy atom. The van der Waals surface area contributed by atoms with Gasteiger partial charge in [0.05, 0.1) is 23.3 Å². The molecule has 3 atom stereocenters. The molecule has 0 saturated carbocycles. The number of hydrogen-bond donors (Lipinski definition) is 3. The van der Waals surface area contributed by atoms with Gasteiger partial charge < -0.3 is 25.0 Å². The van der Waals surface area contributed by atoms with Crippen molar-refractivity contribution in [1.29, 1.82) is 0 Å². The molecular weight excluding hydrogens is 874 g/mol. The number of nitrogens with zero attached hydrogens (tertiary/aromatic N) is 7. The summed E-state index contributed by atoms with van der Waals surface area (Å²) in [6, 6.07) is 12.6. The number of piperidine rings is 2. The summed E-state index contributed by atoms with van der Waals surface area (Å²) in [6.45, 7) is 11.6. The van der Waals surface area contributed by atoms with Crippen LogP contribution in [0.2, 0.25) is 0 Å². The quantitative estimate of drug-likeness (QED) is 0.124. The number of aromatic nitrogens is 3. The second-order valence-corrected chi connectivity index (χ2v) is 18.8. The summed E-state index contributed by atoms with van der Waals surface area (Å²) in [7, 11) is 3.50. The number of amides is 3. The zero-order chi connectivity index (χ0) is 48.0. The number of imide groups is 1. The first kappa shape index (κ1) is 46.6. The molecule has 3 fully saturated rings. The Labute approximate surface area is 393 Å². The van der Waals surface area contributed by atoms with E-state index in [9.17, 15) is 23.6 Å². The molecule has 3 N–H and O–H groups in total. The van der Waals surface area contributed by atoms with E-state index in [2.05, 4.69) is 55.6 Å². The van der Waals surface area contributed by atoms with Gasteiger partial charge >= 0.3 is 0 Å². The first-order valence-electron chi connectivity index (χ1n) is 23.6. The minimum Gasteiger partial charge on any atom is -0.386 e. The third kappa shape index (κ3) is 9.25. The molecule has 0 spiro atoms. The number of carbonyl (C=O) groups is 3. The Morgan fingerprint density at radius 2 is 1.71 bits per heavy atom. The number of aryl methyl sites for hydroxylation is 2. The van der Waals surface area contributed by atoms with Crippen LogP contribution in [-0.2, 0) is 16.6 Å². The molecule has 4 aliphatic rings. The standard InChI is InChI=1S/C51H59F3N10O4/c1-30-22-35(51(68)61-16-11-33(12-17-61)28-62-20-21-63(27-31(62)2)44-8-6-36(24-38(44)52)57-41-7-9-46(65)58-50(41)67)23-39(53)48(30)34-13-18-60(19-14-34)32(3)45-25-37-43(10-15-56-49(37)59(45)5)64-29-40(54)42(55-4)26-47(64)66/h6,8,10,13,15,22-26,29,31-33,41,55,57H,7,9,11-12,14,16-21,27-28H2,1-5H3,(H,58,65,67)/t31-,32+,41?/m1/s1. The lowest BCUT2D eigenvalue weighted by Crippen LogP contribution is -2.54. The maximum Gasteiger partial charge on any atom is 0.257 e. The Kier molecular flexibility index (Phi) is 13.2. The van der Waals surface area contributed by atoms with E-state index in [1.807, 2.05) is 35.6 Å². The van der Waals surface area contributed by atoms with Crippen LogP contribution >= 0.6 is 0 Å². The van der Waals surface area contributed by atoms with Gasteiger partial charge in [0.1, 0.15) is 23.3 Å². The van der Waals surface area contributed by atoms with Gasteiger partial charge in [-0.15, -0.1) is 0 Å². The Balaban J connectivity index is 0.777. The topological polar surface area (TPSA) is 140 Å². The van der Waals surface area contributed by atoms with Crippen LogP contribution in [0.3, 0.4) is 0 Å². The fourth-order valence-electron chi connectivity index (χ4n) is 10.7. The molecule has 3 saturated heterocycles. The highest BCUT2D eigenvalue weighted by molar-refractivity contribution is 6.01. The number of rotatable bonds is 11. The van der Waals surface area contributed by atoms with Crippen LogP contribution in [0.1, 0.15) is 79.2 Å². The zero-order valence-corrected chi connectivity index (χ0v) is 39.3. The third-order valence-electron chi connectivity index (χ3n) is 14.6. The minimum atomic E-state index is -0.582. The normalized spacial score (nSPS) is 20.4. The summed E-state index contributed by atoms with van der Waals surface area (Å²) in [5.41, 5.74) is 5.50. The van der Waals surface area contributed by atoms with Crippen LogP contribution in [-0.4, -0.2) is 118 Å². The van der Waals surface area contributed by atoms with Crippen molar-refractivity contribution in [2.45, 2.75) is 71.0 Å². The molecule has 5 aromatic rings. The fourth-order valence-corrected chi connectivity index (χ4v) is 10.7. The Bertz CT molecular complexity index is 2850. The summed E-state index contributed by atoms with van der Waals surface area (Å²) in [4.78, 5) is 63.7. The zero-order valence-electron chi connectivity index (χ0n) is 39.3. The molecular formula is C51H59F3N10O4. The van der Waals surface area contributed by atoms with E-state index in [4.69, 9.17) is 0 Å². The number of nitrogens with one attached hydrogen (secondary N) is 3. The molecule has 9 rings (SSSR count). The van der Waals surface area contributed by atoms with Crippen LogP contribution < -0.4 is 26.4 Å². The molecule has 2 aromatic carbocycles. The number of pyridine rings is 2. The Morgan fingerprint density at radius 1 is 0.912 bits per heavy atom. The average Bonchev–Trinajstić information content (AvgIpc) is 3.67. The van der Waals surface area contributed by atoms with Gasteiger partial charge in [0, 0.05) is 125 Å². The predicted octanol–water partition coefficient (Wildman–Crippen LogP) is 6.62. The molecule has 3 aromatic heterocycles. The van der Waals surface area contributed by atoms with Crippen LogP contribution in [0, 0.1) is 30.3 Å². The molecule has 14 nitrogen and oxygen atoms in total. The van der Waals surface area contributed by atoms with Gasteiger partial charge in [-0.3, -0.25) is 38.9 Å². The number of piperazine rings is 1. The lowest BCUT2D eigenvalue weighted by molar-refractivity contribution is -0.133. The summed E-state index contributed by atoms with van der Waals surface area (Å²) in [5.74, 6) is -1.76. The number of halogens is 3. The number of hydrogen-bond acceptors (Lipinski definition) is 10. The van der Waals surface area contributed by atoms with Gasteiger partial charge in [0.15, 0.2) is 5.82 Å². The largest absolute Gasteiger partial charge is 0.386 e. The highest BCUT2D eigenvalue weighted by atomic mass is 19.1. The van der Waals surface area contributed by atoms with Gasteiger partial charge in [-0.1, -0.05) is 6.08 Å². The van der Waals surface area contributed by atoms with Crippen molar-refractivity contribution in [3.05, 3.63) is 117 Å². The molecule has 4 aliphatic heterocycles. The van der Waals surface area contributed by atoms with Crippen molar-refractivity contribution >= 4 is 51.4 Å². The highest BCUT2D eigenvalue weighted by Gasteiger charge is 2.32. The second kappa shape index (κ2) is 19.3. The van der Waals surface area contributed by atoms with E-state index in [0.717, 1.165) is 48.1 Å². The van der Waals surface area contributed by atoms with Crippen LogP contribution in [0.25, 0.3) is 22.3 Å². The van der Waals surface area contributed by atoms with E-state index in [1.54, 1.807) is 31.4 Å². The predicted molar refractivity (Wildman–Crippen MR) is 258 cm³/mol. The number of benzene rings is 2. The average molecular weight is 933 g/mol. The minimum absolute atomic E-state index is 0.0520. The number of fused-ring (bicyclic) bond motifs is 1. The van der Waals surface area contributed by atoms with Gasteiger partial charge in [0.2, 0.25) is 11.8 Å². The monoisotopic (exact) mass is 932 g/mol. The van der Waals surface area contributed by atoms with E-state index in [0.29, 0.717) is 91.9 Å². The molecule has 7 heterocycles. The third-order valence-corrected chi connectivity index (χ3v) is 14.6. The maximum absolute atomic E-state index is 16.1. The molecule has 0 aliphatic carbocycles. The Hall–Kier alpha value is -6.46. The van der Waals surface area contributed by atoms with Gasteiger partial charge in [-0.05, 0) is 106 Å².